The topological polar surface area (TPSA) is 160 Å². The second-order valence-electron chi connectivity index (χ2n) is 11.9. The molecule has 3 aromatic heterocycles. The zero-order valence-electron chi connectivity index (χ0n) is 24.7. The number of piperidine rings is 1. The van der Waals surface area contributed by atoms with Crippen molar-refractivity contribution in [2.45, 2.75) is 50.2 Å². The number of benzene rings is 1. The van der Waals surface area contributed by atoms with Crippen molar-refractivity contribution in [1.82, 2.24) is 34.3 Å². The molecule has 0 unspecified atom stereocenters. The van der Waals surface area contributed by atoms with Crippen LogP contribution < -0.4 is 10.9 Å². The van der Waals surface area contributed by atoms with Gasteiger partial charge in [-0.25, -0.2) is 0 Å². The van der Waals surface area contributed by atoms with Crippen LogP contribution in [0.1, 0.15) is 58.8 Å². The number of hydrogen-bond acceptors (Lipinski definition) is 8. The molecular formula is C30H28ClF3N8O5. The summed E-state index contributed by atoms with van der Waals surface area (Å²) in [7, 11) is 0. The van der Waals surface area contributed by atoms with Gasteiger partial charge in [0.2, 0.25) is 11.7 Å². The number of aromatic hydroxyl groups is 1. The summed E-state index contributed by atoms with van der Waals surface area (Å²) in [4.78, 5) is 46.9. The van der Waals surface area contributed by atoms with E-state index in [1.54, 1.807) is 9.47 Å². The summed E-state index contributed by atoms with van der Waals surface area (Å²) < 4.78 is 47.7. The van der Waals surface area contributed by atoms with Crippen LogP contribution in [0, 0.1) is 0 Å². The Morgan fingerprint density at radius 3 is 2.62 bits per heavy atom. The van der Waals surface area contributed by atoms with E-state index < -0.39 is 29.0 Å². The number of aromatic nitrogens is 6. The third-order valence-electron chi connectivity index (χ3n) is 9.19. The zero-order chi connectivity index (χ0) is 33.1. The molecule has 1 spiro atoms. The minimum absolute atomic E-state index is 0.00436. The molecule has 1 aromatic carbocycles. The van der Waals surface area contributed by atoms with Crippen molar-refractivity contribution < 1.29 is 32.6 Å². The fourth-order valence-electron chi connectivity index (χ4n) is 6.77. The Kier molecular flexibility index (Phi) is 7.58. The molecule has 3 aliphatic rings. The first-order valence-electron chi connectivity index (χ1n) is 14.9. The maximum atomic E-state index is 14.2. The van der Waals surface area contributed by atoms with Crippen molar-refractivity contribution in [2.75, 3.05) is 31.6 Å². The van der Waals surface area contributed by atoms with Crippen molar-refractivity contribution in [3.63, 3.8) is 0 Å². The molecule has 17 heteroatoms. The van der Waals surface area contributed by atoms with Crippen molar-refractivity contribution in [1.29, 1.82) is 0 Å². The number of carbonyl (C=O) groups excluding carboxylic acids is 2. The van der Waals surface area contributed by atoms with E-state index in [-0.39, 0.29) is 40.0 Å². The van der Waals surface area contributed by atoms with Crippen LogP contribution in [0.2, 0.25) is 5.02 Å². The average Bonchev–Trinajstić information content (AvgIpc) is 3.78. The summed E-state index contributed by atoms with van der Waals surface area (Å²) in [5.74, 6) is -0.739. The molecule has 1 fully saturated rings. The first-order valence-corrected chi connectivity index (χ1v) is 15.3. The van der Waals surface area contributed by atoms with Crippen molar-refractivity contribution >= 4 is 40.5 Å². The lowest BCUT2D eigenvalue weighted by molar-refractivity contribution is -0.137. The van der Waals surface area contributed by atoms with Crippen molar-refractivity contribution in [3.05, 3.63) is 74.2 Å². The molecule has 0 bridgehead atoms. The minimum Gasteiger partial charge on any atom is -0.504 e. The molecule has 2 aliphatic heterocycles. The number of alkyl halides is 3. The van der Waals surface area contributed by atoms with Crippen LogP contribution in [0.3, 0.4) is 0 Å². The molecule has 5 heterocycles. The molecule has 13 nitrogen and oxygen atoms in total. The van der Waals surface area contributed by atoms with Crippen molar-refractivity contribution in [2.24, 2.45) is 0 Å². The number of amides is 2. The van der Waals surface area contributed by atoms with E-state index in [9.17, 15) is 32.7 Å². The van der Waals surface area contributed by atoms with Gasteiger partial charge in [0.05, 0.1) is 35.7 Å². The Morgan fingerprint density at radius 1 is 1.17 bits per heavy atom. The van der Waals surface area contributed by atoms with Crippen LogP contribution in [0.4, 0.5) is 18.9 Å². The van der Waals surface area contributed by atoms with E-state index in [4.69, 9.17) is 16.3 Å². The van der Waals surface area contributed by atoms with E-state index in [0.29, 0.717) is 75.5 Å². The summed E-state index contributed by atoms with van der Waals surface area (Å²) in [6.07, 6.45) is 0.887. The number of H-pyrrole nitrogens is 1. The number of ether oxygens (including phenoxy) is 1. The SMILES string of the molecule is O=C(Cn1c2c(c(=O)n3nc(C4=CCOCC4)nc13)C1(CC2)CCN(C(=O)c2[nH]ncc2O)CC1)Nc1ccc(C(F)(F)F)cc1Cl. The average molecular weight is 673 g/mol. The molecule has 2 amide bonds. The zero-order valence-corrected chi connectivity index (χ0v) is 25.5. The van der Waals surface area contributed by atoms with Gasteiger partial charge in [-0.05, 0) is 55.9 Å². The minimum atomic E-state index is -4.60. The monoisotopic (exact) mass is 672 g/mol. The smallest absolute Gasteiger partial charge is 0.416 e. The number of nitrogens with zero attached hydrogens (tertiary/aromatic N) is 6. The number of anilines is 1. The van der Waals surface area contributed by atoms with Gasteiger partial charge >= 0.3 is 6.18 Å². The fourth-order valence-corrected chi connectivity index (χ4v) is 6.99. The predicted molar refractivity (Wildman–Crippen MR) is 161 cm³/mol. The molecule has 47 heavy (non-hydrogen) atoms. The molecule has 0 atom stereocenters. The Labute approximate surface area is 269 Å². The number of fused-ring (bicyclic) bond motifs is 3. The number of hydrogen-bond donors (Lipinski definition) is 3. The standard InChI is InChI=1S/C30H28ClF3N8O5/c31-18-13-17(30(32,33)34)1-2-19(18)36-22(44)15-41-20-3-6-29(7-9-40(10-8-29)27(46)24-21(43)14-35-38-24)23(20)26(45)42-28(41)37-25(39-42)16-4-11-47-12-5-16/h1-2,4,13-14,43H,3,5-12,15H2,(H,35,38)(H,36,44). The van der Waals surface area contributed by atoms with Crippen LogP contribution in [0.5, 0.6) is 5.75 Å². The molecular weight excluding hydrogens is 645 g/mol. The Bertz CT molecular complexity index is 2010. The lowest BCUT2D eigenvalue weighted by Crippen LogP contribution is -2.46. The number of carbonyl (C=O) groups is 2. The molecule has 246 valence electrons. The summed E-state index contributed by atoms with van der Waals surface area (Å²) in [5, 5.41) is 23.1. The molecule has 0 radical (unpaired) electrons. The van der Waals surface area contributed by atoms with Crippen LogP contribution in [-0.2, 0) is 34.1 Å². The number of aromatic amines is 1. The Hall–Kier alpha value is -4.70. The maximum Gasteiger partial charge on any atom is 0.416 e. The highest BCUT2D eigenvalue weighted by Gasteiger charge is 2.46. The number of likely N-dealkylation sites (tertiary alicyclic amines) is 1. The van der Waals surface area contributed by atoms with Gasteiger partial charge in [-0.3, -0.25) is 19.5 Å². The second-order valence-corrected chi connectivity index (χ2v) is 12.3. The Morgan fingerprint density at radius 2 is 1.96 bits per heavy atom. The fraction of sp³-hybridized carbons (Fsp3) is 0.400. The molecule has 4 aromatic rings. The lowest BCUT2D eigenvalue weighted by Gasteiger charge is -2.39. The molecule has 3 N–H and O–H groups in total. The van der Waals surface area contributed by atoms with E-state index in [1.807, 2.05) is 6.08 Å². The number of rotatable bonds is 5. The van der Waals surface area contributed by atoms with Crippen LogP contribution in [0.15, 0.2) is 35.3 Å². The van der Waals surface area contributed by atoms with Gasteiger partial charge in [-0.2, -0.15) is 27.8 Å². The highest BCUT2D eigenvalue weighted by molar-refractivity contribution is 6.33. The summed E-state index contributed by atoms with van der Waals surface area (Å²) in [6, 6.07) is 2.67. The molecule has 1 aliphatic carbocycles. The van der Waals surface area contributed by atoms with Crippen LogP contribution in [-0.4, -0.2) is 77.5 Å². The lowest BCUT2D eigenvalue weighted by atomic mass is 9.74. The van der Waals surface area contributed by atoms with E-state index in [1.165, 1.54) is 4.52 Å². The van der Waals surface area contributed by atoms with E-state index >= 15 is 0 Å². The van der Waals surface area contributed by atoms with Gasteiger partial charge in [0, 0.05) is 29.8 Å². The summed E-state index contributed by atoms with van der Waals surface area (Å²) >= 11 is 6.10. The highest BCUT2D eigenvalue weighted by Crippen LogP contribution is 2.45. The van der Waals surface area contributed by atoms with Crippen LogP contribution >= 0.6 is 11.6 Å². The van der Waals surface area contributed by atoms with Gasteiger partial charge in [-0.1, -0.05) is 17.7 Å². The van der Waals surface area contributed by atoms with Gasteiger partial charge in [0.25, 0.3) is 11.5 Å². The van der Waals surface area contributed by atoms with E-state index in [0.717, 1.165) is 30.0 Å². The number of halogens is 4. The third kappa shape index (κ3) is 5.44. The largest absolute Gasteiger partial charge is 0.504 e. The Balaban J connectivity index is 1.24. The van der Waals surface area contributed by atoms with Gasteiger partial charge in [0.1, 0.15) is 6.54 Å². The second kappa shape index (κ2) is 11.5. The van der Waals surface area contributed by atoms with Gasteiger partial charge in [0.15, 0.2) is 17.3 Å². The number of nitrogens with one attached hydrogen (secondary N) is 2. The molecule has 7 rings (SSSR count). The maximum absolute atomic E-state index is 14.2. The summed E-state index contributed by atoms with van der Waals surface area (Å²) in [5.41, 5.74) is 0.00715. The van der Waals surface area contributed by atoms with Gasteiger partial charge in [-0.15, -0.1) is 5.10 Å². The normalized spacial score (nSPS) is 17.6. The van der Waals surface area contributed by atoms with Crippen molar-refractivity contribution in [3.8, 4) is 5.75 Å². The first kappa shape index (κ1) is 30.9. The van der Waals surface area contributed by atoms with E-state index in [2.05, 4.69) is 25.6 Å². The predicted octanol–water partition coefficient (Wildman–Crippen LogP) is 3.55. The highest BCUT2D eigenvalue weighted by atomic mass is 35.5. The van der Waals surface area contributed by atoms with Gasteiger partial charge < -0.3 is 24.6 Å². The molecule has 0 saturated carbocycles. The summed E-state index contributed by atoms with van der Waals surface area (Å²) in [6.45, 7) is 1.15. The molecule has 1 saturated heterocycles. The van der Waals surface area contributed by atoms with Crippen LogP contribution in [0.25, 0.3) is 11.4 Å². The first-order chi connectivity index (χ1) is 22.4. The third-order valence-corrected chi connectivity index (χ3v) is 9.50. The quantitative estimate of drug-likeness (QED) is 0.290.